The first-order chi connectivity index (χ1) is 24.0. The summed E-state index contributed by atoms with van der Waals surface area (Å²) >= 11 is 0. The topological polar surface area (TPSA) is 64.6 Å². The zero-order valence-electron chi connectivity index (χ0n) is 28.4. The minimum absolute atomic E-state index is 0.188. The van der Waals surface area contributed by atoms with Gasteiger partial charge >= 0.3 is 0 Å². The van der Waals surface area contributed by atoms with Crippen molar-refractivity contribution < 1.29 is 33.2 Å². The molecule has 0 amide bonds. The summed E-state index contributed by atoms with van der Waals surface area (Å²) in [5, 5.41) is 3.76. The van der Waals surface area contributed by atoms with E-state index >= 15 is 0 Å². The fourth-order valence-corrected chi connectivity index (χ4v) is 5.54. The quantitative estimate of drug-likeness (QED) is 0.0959. The van der Waals surface area contributed by atoms with Crippen molar-refractivity contribution in [3.8, 4) is 23.0 Å². The molecule has 0 spiro atoms. The number of methoxy groups -OCH3 is 2. The van der Waals surface area contributed by atoms with Gasteiger partial charge in [0.05, 0.1) is 24.3 Å². The zero-order valence-corrected chi connectivity index (χ0v) is 28.4. The van der Waals surface area contributed by atoms with Gasteiger partial charge in [-0.3, -0.25) is 0 Å². The summed E-state index contributed by atoms with van der Waals surface area (Å²) in [5.74, 6) is 2.56. The third kappa shape index (κ3) is 8.39. The summed E-state index contributed by atoms with van der Waals surface area (Å²) < 4.78 is 43.5. The SMILES string of the molecule is COC(C)OCc1c(OCc2ccccc2)cc2ccccc2c1Oc1c(COC(C)OC)c(OCc2ccccc2)cc2ccccc12. The van der Waals surface area contributed by atoms with Crippen LogP contribution in [0.3, 0.4) is 0 Å². The van der Waals surface area contributed by atoms with Crippen LogP contribution in [0, 0.1) is 0 Å². The van der Waals surface area contributed by atoms with E-state index in [0.29, 0.717) is 36.2 Å². The van der Waals surface area contributed by atoms with E-state index in [1.165, 1.54) is 0 Å². The van der Waals surface area contributed by atoms with Crippen molar-refractivity contribution in [2.24, 2.45) is 0 Å². The molecule has 7 nitrogen and oxygen atoms in total. The molecule has 0 aliphatic heterocycles. The molecule has 0 saturated carbocycles. The molecule has 2 unspecified atom stereocenters. The predicted octanol–water partition coefficient (Wildman–Crippen LogP) is 9.96. The third-order valence-electron chi connectivity index (χ3n) is 8.39. The maximum atomic E-state index is 7.18. The highest BCUT2D eigenvalue weighted by molar-refractivity contribution is 5.95. The lowest BCUT2D eigenvalue weighted by atomic mass is 10.0. The van der Waals surface area contributed by atoms with E-state index in [0.717, 1.165) is 43.8 Å². The van der Waals surface area contributed by atoms with Gasteiger partial charge < -0.3 is 33.2 Å². The molecule has 7 heteroatoms. The van der Waals surface area contributed by atoms with Crippen LogP contribution >= 0.6 is 0 Å². The van der Waals surface area contributed by atoms with E-state index in [4.69, 9.17) is 33.2 Å². The van der Waals surface area contributed by atoms with Gasteiger partial charge in [0.15, 0.2) is 12.6 Å². The van der Waals surface area contributed by atoms with Crippen molar-refractivity contribution in [1.82, 2.24) is 0 Å². The standard InChI is InChI=1S/C42H42O7/c1-29(43-3)45-27-37-39(47-25-31-15-7-5-8-16-31)23-33-19-11-13-21-35(33)41(37)49-42-36-22-14-12-20-34(36)24-40(38(42)28-46-30(2)44-4)48-26-32-17-9-6-10-18-32/h5-24,29-30H,25-28H2,1-4H3. The number of hydrogen-bond donors (Lipinski definition) is 0. The fourth-order valence-electron chi connectivity index (χ4n) is 5.54. The lowest BCUT2D eigenvalue weighted by molar-refractivity contribution is -0.119. The van der Waals surface area contributed by atoms with E-state index in [-0.39, 0.29) is 13.2 Å². The number of benzene rings is 6. The van der Waals surface area contributed by atoms with Crippen LogP contribution in [0.5, 0.6) is 23.0 Å². The van der Waals surface area contributed by atoms with Crippen molar-refractivity contribution in [2.45, 2.75) is 52.9 Å². The Labute approximate surface area is 287 Å². The second-order valence-corrected chi connectivity index (χ2v) is 11.7. The largest absolute Gasteiger partial charge is 0.488 e. The highest BCUT2D eigenvalue weighted by atomic mass is 16.7. The Kier molecular flexibility index (Phi) is 11.4. The van der Waals surface area contributed by atoms with Crippen LogP contribution in [-0.2, 0) is 45.4 Å². The van der Waals surface area contributed by atoms with Crippen LogP contribution in [0.2, 0.25) is 0 Å². The van der Waals surface area contributed by atoms with E-state index in [1.54, 1.807) is 14.2 Å². The first-order valence-electron chi connectivity index (χ1n) is 16.4. The van der Waals surface area contributed by atoms with Gasteiger partial charge in [-0.1, -0.05) is 109 Å². The van der Waals surface area contributed by atoms with Crippen molar-refractivity contribution in [2.75, 3.05) is 14.2 Å². The van der Waals surface area contributed by atoms with Crippen LogP contribution in [-0.4, -0.2) is 26.8 Å². The lowest BCUT2D eigenvalue weighted by Crippen LogP contribution is -2.13. The van der Waals surface area contributed by atoms with Crippen LogP contribution in [0.25, 0.3) is 21.5 Å². The highest BCUT2D eigenvalue weighted by Crippen LogP contribution is 2.46. The molecule has 252 valence electrons. The van der Waals surface area contributed by atoms with Gasteiger partial charge in [-0.25, -0.2) is 0 Å². The molecule has 0 N–H and O–H groups in total. The lowest BCUT2D eigenvalue weighted by Gasteiger charge is -2.24. The second-order valence-electron chi connectivity index (χ2n) is 11.7. The Hall–Kier alpha value is -4.92. The van der Waals surface area contributed by atoms with Gasteiger partial charge in [0.2, 0.25) is 0 Å². The second kappa shape index (κ2) is 16.5. The minimum atomic E-state index is -0.448. The molecule has 0 bridgehead atoms. The molecule has 0 aromatic heterocycles. The minimum Gasteiger partial charge on any atom is -0.488 e. The smallest absolute Gasteiger partial charge is 0.154 e. The fraction of sp³-hybridized carbons (Fsp3) is 0.238. The average molecular weight is 659 g/mol. The molecule has 6 aromatic carbocycles. The molecule has 0 fully saturated rings. The molecule has 0 aliphatic rings. The summed E-state index contributed by atoms with van der Waals surface area (Å²) in [6.07, 6.45) is -0.896. The first kappa shape index (κ1) is 34.0. The molecule has 49 heavy (non-hydrogen) atoms. The van der Waals surface area contributed by atoms with Crippen LogP contribution in [0.1, 0.15) is 36.1 Å². The van der Waals surface area contributed by atoms with Crippen molar-refractivity contribution in [1.29, 1.82) is 0 Å². The Morgan fingerprint density at radius 1 is 0.469 bits per heavy atom. The third-order valence-corrected chi connectivity index (χ3v) is 8.39. The molecule has 2 atom stereocenters. The Morgan fingerprint density at radius 3 is 1.27 bits per heavy atom. The van der Waals surface area contributed by atoms with E-state index in [9.17, 15) is 0 Å². The maximum Gasteiger partial charge on any atom is 0.154 e. The summed E-state index contributed by atoms with van der Waals surface area (Å²) in [7, 11) is 3.24. The number of hydrogen-bond acceptors (Lipinski definition) is 7. The van der Waals surface area contributed by atoms with Crippen LogP contribution < -0.4 is 14.2 Å². The number of fused-ring (bicyclic) bond motifs is 2. The molecule has 0 saturated heterocycles. The molecule has 6 rings (SSSR count). The Morgan fingerprint density at radius 2 is 0.857 bits per heavy atom. The van der Waals surface area contributed by atoms with Gasteiger partial charge in [-0.15, -0.1) is 0 Å². The summed E-state index contributed by atoms with van der Waals surface area (Å²) in [6, 6.07) is 40.5. The molecule has 0 aliphatic carbocycles. The zero-order chi connectivity index (χ0) is 34.0. The van der Waals surface area contributed by atoms with Crippen molar-refractivity contribution in [3.05, 3.63) is 144 Å². The number of ether oxygens (including phenoxy) is 7. The molecule has 0 radical (unpaired) electrons. The van der Waals surface area contributed by atoms with Gasteiger partial charge in [0.25, 0.3) is 0 Å². The Balaban J connectivity index is 1.52. The molecular formula is C42H42O7. The average Bonchev–Trinajstić information content (AvgIpc) is 3.15. The van der Waals surface area contributed by atoms with Gasteiger partial charge in [0.1, 0.15) is 36.2 Å². The molecular weight excluding hydrogens is 616 g/mol. The Bertz CT molecular complexity index is 1820. The summed E-state index contributed by atoms with van der Waals surface area (Å²) in [6.45, 7) is 4.86. The van der Waals surface area contributed by atoms with Crippen LogP contribution in [0.4, 0.5) is 0 Å². The summed E-state index contributed by atoms with van der Waals surface area (Å²) in [4.78, 5) is 0. The van der Waals surface area contributed by atoms with Crippen LogP contribution in [0.15, 0.2) is 121 Å². The number of rotatable bonds is 16. The van der Waals surface area contributed by atoms with Gasteiger partial charge in [0, 0.05) is 25.0 Å². The van der Waals surface area contributed by atoms with E-state index in [2.05, 4.69) is 24.3 Å². The van der Waals surface area contributed by atoms with Crippen molar-refractivity contribution >= 4 is 21.5 Å². The molecule has 0 heterocycles. The highest BCUT2D eigenvalue weighted by Gasteiger charge is 2.24. The maximum absolute atomic E-state index is 7.18. The first-order valence-corrected chi connectivity index (χ1v) is 16.4. The predicted molar refractivity (Wildman–Crippen MR) is 192 cm³/mol. The van der Waals surface area contributed by atoms with Crippen molar-refractivity contribution in [3.63, 3.8) is 0 Å². The normalized spacial score (nSPS) is 12.6. The van der Waals surface area contributed by atoms with E-state index in [1.807, 2.05) is 111 Å². The monoisotopic (exact) mass is 658 g/mol. The van der Waals surface area contributed by atoms with Gasteiger partial charge in [-0.2, -0.15) is 0 Å². The summed E-state index contributed by atoms with van der Waals surface area (Å²) in [5.41, 5.74) is 3.62. The molecule has 6 aromatic rings. The van der Waals surface area contributed by atoms with Gasteiger partial charge in [-0.05, 0) is 47.9 Å². The van der Waals surface area contributed by atoms with E-state index < -0.39 is 12.6 Å².